The Morgan fingerprint density at radius 1 is 1.21 bits per heavy atom. The van der Waals surface area contributed by atoms with E-state index in [0.29, 0.717) is 30.9 Å². The fourth-order valence-corrected chi connectivity index (χ4v) is 5.11. The van der Waals surface area contributed by atoms with Crippen LogP contribution in [0.4, 0.5) is 5.82 Å². The van der Waals surface area contributed by atoms with Crippen molar-refractivity contribution in [3.63, 3.8) is 0 Å². The highest BCUT2D eigenvalue weighted by Gasteiger charge is 2.29. The normalized spacial score (nSPS) is 19.3. The van der Waals surface area contributed by atoms with Crippen molar-refractivity contribution in [2.75, 3.05) is 25.0 Å². The fraction of sp³-hybridized carbons (Fsp3) is 0.448. The van der Waals surface area contributed by atoms with Crippen LogP contribution in [-0.2, 0) is 12.0 Å². The lowest BCUT2D eigenvalue weighted by Crippen LogP contribution is -2.47. The third-order valence-corrected chi connectivity index (χ3v) is 7.20. The maximum atomic E-state index is 13.0. The maximum Gasteiger partial charge on any atom is 0.251 e. The predicted octanol–water partition coefficient (Wildman–Crippen LogP) is 3.77. The van der Waals surface area contributed by atoms with Crippen molar-refractivity contribution >= 4 is 23.7 Å². The molecule has 1 unspecified atom stereocenters. The molecule has 9 nitrogen and oxygen atoms in total. The van der Waals surface area contributed by atoms with Gasteiger partial charge >= 0.3 is 0 Å². The van der Waals surface area contributed by atoms with Crippen molar-refractivity contribution in [3.05, 3.63) is 70.4 Å². The predicted molar refractivity (Wildman–Crippen MR) is 151 cm³/mol. The summed E-state index contributed by atoms with van der Waals surface area (Å²) in [5.41, 5.74) is 4.93. The minimum absolute atomic E-state index is 0.0347. The Bertz CT molecular complexity index is 1330. The first kappa shape index (κ1) is 25.9. The van der Waals surface area contributed by atoms with E-state index >= 15 is 0 Å². The first-order valence-corrected chi connectivity index (χ1v) is 13.4. The molecular weight excluding hydrogens is 478 g/mol. The van der Waals surface area contributed by atoms with Gasteiger partial charge in [-0.25, -0.2) is 9.98 Å². The number of nitrogens with zero attached hydrogens (tertiary/aromatic N) is 5. The van der Waals surface area contributed by atoms with Gasteiger partial charge in [-0.15, -0.1) is 0 Å². The molecule has 200 valence electrons. The van der Waals surface area contributed by atoms with Gasteiger partial charge in [0.15, 0.2) is 5.82 Å². The van der Waals surface area contributed by atoms with Gasteiger partial charge in [0.05, 0.1) is 18.9 Å². The quantitative estimate of drug-likeness (QED) is 0.520. The van der Waals surface area contributed by atoms with Gasteiger partial charge in [0.2, 0.25) is 0 Å². The number of rotatable bonds is 7. The largest absolute Gasteiger partial charge is 0.394 e. The summed E-state index contributed by atoms with van der Waals surface area (Å²) in [6.07, 6.45) is 6.53. The van der Waals surface area contributed by atoms with Crippen molar-refractivity contribution in [1.82, 2.24) is 20.0 Å². The average molecular weight is 516 g/mol. The van der Waals surface area contributed by atoms with Crippen LogP contribution in [0.1, 0.15) is 61.6 Å². The molecule has 9 heteroatoms. The molecule has 38 heavy (non-hydrogen) atoms. The Labute approximate surface area is 224 Å². The van der Waals surface area contributed by atoms with Crippen LogP contribution in [0.25, 0.3) is 0 Å². The highest BCUT2D eigenvalue weighted by Crippen LogP contribution is 2.29. The second kappa shape index (κ2) is 10.6. The number of likely N-dealkylation sites (tertiary alicyclic amines) is 1. The van der Waals surface area contributed by atoms with Crippen molar-refractivity contribution in [2.24, 2.45) is 9.98 Å². The van der Waals surface area contributed by atoms with Crippen LogP contribution in [0, 0.1) is 6.92 Å². The average Bonchev–Trinajstić information content (AvgIpc) is 3.46. The molecule has 3 aliphatic rings. The zero-order chi connectivity index (χ0) is 26.9. The number of carbonyl (C=O) groups excluding carboxylic acids is 1. The van der Waals surface area contributed by atoms with E-state index in [1.54, 1.807) is 4.68 Å². The topological polar surface area (TPSA) is 107 Å². The maximum absolute atomic E-state index is 13.0. The number of aryl methyl sites for hydroxylation is 1. The van der Waals surface area contributed by atoms with Gasteiger partial charge in [0.1, 0.15) is 11.6 Å². The van der Waals surface area contributed by atoms with Crippen LogP contribution >= 0.6 is 0 Å². The molecular formula is C29H37N7O2. The monoisotopic (exact) mass is 515 g/mol. The standard InChI is InChI=1S/C29H37N7O2/c1-19-16-26(34-36(19)14-15-37)33-25-17-23-24(32-25)11-12-30-27(23)35-13-5-6-22(18-35)31-28(38)20-7-9-21(10-8-20)29(2,3)4/h7-10,12,16-17,22,37H,5-6,11,13-15,18H2,1-4H3,(H,31,38)(H,33,34). The third kappa shape index (κ3) is 5.57. The first-order valence-electron chi connectivity index (χ1n) is 13.4. The highest BCUT2D eigenvalue weighted by atomic mass is 16.3. The van der Waals surface area contributed by atoms with E-state index in [1.807, 2.05) is 49.5 Å². The van der Waals surface area contributed by atoms with E-state index in [0.717, 1.165) is 48.0 Å². The summed E-state index contributed by atoms with van der Waals surface area (Å²) in [5.74, 6) is 2.30. The first-order chi connectivity index (χ1) is 18.2. The summed E-state index contributed by atoms with van der Waals surface area (Å²) < 4.78 is 1.77. The van der Waals surface area contributed by atoms with Gasteiger partial charge in [0.25, 0.3) is 5.91 Å². The molecule has 0 spiro atoms. The molecule has 5 rings (SSSR count). The summed E-state index contributed by atoms with van der Waals surface area (Å²) in [6, 6.07) is 9.92. The molecule has 3 aliphatic heterocycles. The number of aromatic nitrogens is 2. The molecule has 1 amide bonds. The lowest BCUT2D eigenvalue weighted by Gasteiger charge is -2.36. The number of piperidine rings is 1. The van der Waals surface area contributed by atoms with E-state index in [-0.39, 0.29) is 24.0 Å². The van der Waals surface area contributed by atoms with Gasteiger partial charge in [-0.05, 0) is 49.0 Å². The molecule has 1 saturated heterocycles. The molecule has 0 saturated carbocycles. The zero-order valence-electron chi connectivity index (χ0n) is 22.7. The number of nitrogens with one attached hydrogen (secondary N) is 2. The van der Waals surface area contributed by atoms with E-state index < -0.39 is 0 Å². The molecule has 0 radical (unpaired) electrons. The number of hydrogen-bond donors (Lipinski definition) is 3. The SMILES string of the molecule is Cc1cc(NC2=CC3=C(N4CCCC(NC(=O)c5ccc(C(C)(C)C)cc5)C4)N=CCC3=N2)nn1CCO. The highest BCUT2D eigenvalue weighted by molar-refractivity contribution is 6.13. The molecule has 1 aromatic heterocycles. The molecule has 4 heterocycles. The smallest absolute Gasteiger partial charge is 0.251 e. The van der Waals surface area contributed by atoms with Crippen LogP contribution in [0.2, 0.25) is 0 Å². The van der Waals surface area contributed by atoms with Gasteiger partial charge in [-0.3, -0.25) is 9.48 Å². The number of benzene rings is 1. The van der Waals surface area contributed by atoms with Gasteiger partial charge in [0, 0.05) is 54.7 Å². The summed E-state index contributed by atoms with van der Waals surface area (Å²) in [4.78, 5) is 24.8. The van der Waals surface area contributed by atoms with Crippen molar-refractivity contribution in [2.45, 2.75) is 65.0 Å². The summed E-state index contributed by atoms with van der Waals surface area (Å²) in [6.45, 7) is 10.6. The number of carbonyl (C=O) groups is 1. The molecule has 1 aromatic carbocycles. The number of fused-ring (bicyclic) bond motifs is 1. The lowest BCUT2D eigenvalue weighted by molar-refractivity contribution is 0.0913. The van der Waals surface area contributed by atoms with Crippen LogP contribution in [-0.4, -0.2) is 63.4 Å². The van der Waals surface area contributed by atoms with Crippen LogP contribution in [0.15, 0.2) is 63.6 Å². The third-order valence-electron chi connectivity index (χ3n) is 7.20. The number of aliphatic hydroxyl groups excluding tert-OH is 1. The van der Waals surface area contributed by atoms with Crippen molar-refractivity contribution in [1.29, 1.82) is 0 Å². The fourth-order valence-electron chi connectivity index (χ4n) is 5.11. The number of aliphatic hydroxyl groups is 1. The zero-order valence-corrected chi connectivity index (χ0v) is 22.7. The number of allylic oxidation sites excluding steroid dienone is 2. The summed E-state index contributed by atoms with van der Waals surface area (Å²) in [7, 11) is 0. The molecule has 2 aromatic rings. The van der Waals surface area contributed by atoms with Gasteiger partial charge < -0.3 is 20.6 Å². The molecule has 1 fully saturated rings. The second-order valence-corrected chi connectivity index (χ2v) is 11.2. The second-order valence-electron chi connectivity index (χ2n) is 11.2. The number of amides is 1. The van der Waals surface area contributed by atoms with E-state index in [2.05, 4.69) is 41.4 Å². The number of anilines is 1. The summed E-state index contributed by atoms with van der Waals surface area (Å²) >= 11 is 0. The minimum atomic E-state index is -0.0347. The van der Waals surface area contributed by atoms with E-state index in [9.17, 15) is 9.90 Å². The number of hydrogen-bond acceptors (Lipinski definition) is 7. The molecule has 1 atom stereocenters. The molecule has 0 bridgehead atoms. The number of aliphatic imine (C=N–C) groups is 2. The Hall–Kier alpha value is -3.72. The van der Waals surface area contributed by atoms with Crippen molar-refractivity contribution < 1.29 is 9.90 Å². The summed E-state index contributed by atoms with van der Waals surface area (Å²) in [5, 5.41) is 20.3. The lowest BCUT2D eigenvalue weighted by atomic mass is 9.86. The Kier molecular flexibility index (Phi) is 7.21. The van der Waals surface area contributed by atoms with E-state index in [4.69, 9.17) is 9.98 Å². The van der Waals surface area contributed by atoms with E-state index in [1.165, 1.54) is 5.56 Å². The Morgan fingerprint density at radius 2 is 2.00 bits per heavy atom. The molecule has 3 N–H and O–H groups in total. The van der Waals surface area contributed by atoms with Crippen LogP contribution < -0.4 is 10.6 Å². The van der Waals surface area contributed by atoms with Gasteiger partial charge in [-0.2, -0.15) is 5.10 Å². The molecule has 0 aliphatic carbocycles. The minimum Gasteiger partial charge on any atom is -0.394 e. The van der Waals surface area contributed by atoms with Gasteiger partial charge in [-0.1, -0.05) is 32.9 Å². The Morgan fingerprint density at radius 3 is 2.74 bits per heavy atom. The Balaban J connectivity index is 1.27. The van der Waals surface area contributed by atoms with Crippen LogP contribution in [0.5, 0.6) is 0 Å². The van der Waals surface area contributed by atoms with Crippen molar-refractivity contribution in [3.8, 4) is 0 Å². The van der Waals surface area contributed by atoms with Crippen LogP contribution in [0.3, 0.4) is 0 Å².